The number of rotatable bonds is 1. The maximum atomic E-state index is 12.1. The zero-order valence-corrected chi connectivity index (χ0v) is 12.3. The number of aromatic nitrogens is 1. The summed E-state index contributed by atoms with van der Waals surface area (Å²) in [6.45, 7) is 1.92. The molecule has 1 aliphatic rings. The van der Waals surface area contributed by atoms with E-state index in [-0.39, 0.29) is 5.91 Å². The predicted octanol–water partition coefficient (Wildman–Crippen LogP) is 3.35. The Balaban J connectivity index is 2.14. The highest BCUT2D eigenvalue weighted by Crippen LogP contribution is 2.35. The monoisotopic (exact) mass is 297 g/mol. The molecule has 1 aromatic heterocycles. The third kappa shape index (κ3) is 2.12. The van der Waals surface area contributed by atoms with E-state index in [2.05, 4.69) is 11.4 Å². The standard InChI is InChI=1S/C16H12ClN3O/c1-9-10(5-12(8-18)20(9)2)6-14-13-4-3-11(17)7-15(13)19-16(14)21/h3-7H,1-2H3,(H,19,21)/b14-6-. The van der Waals surface area contributed by atoms with Gasteiger partial charge in [0.15, 0.2) is 0 Å². The Labute approximate surface area is 127 Å². The molecule has 1 amide bonds. The van der Waals surface area contributed by atoms with Gasteiger partial charge in [0.25, 0.3) is 5.91 Å². The van der Waals surface area contributed by atoms with Crippen molar-refractivity contribution >= 4 is 34.8 Å². The summed E-state index contributed by atoms with van der Waals surface area (Å²) in [7, 11) is 1.83. The number of benzene rings is 1. The van der Waals surface area contributed by atoms with Gasteiger partial charge >= 0.3 is 0 Å². The lowest BCUT2D eigenvalue weighted by Gasteiger charge is -2.00. The van der Waals surface area contributed by atoms with Crippen molar-refractivity contribution in [1.29, 1.82) is 5.26 Å². The van der Waals surface area contributed by atoms with Crippen molar-refractivity contribution < 1.29 is 4.79 Å². The second-order valence-corrected chi connectivity index (χ2v) is 5.38. The number of nitriles is 1. The van der Waals surface area contributed by atoms with Crippen LogP contribution in [0, 0.1) is 18.3 Å². The largest absolute Gasteiger partial charge is 0.339 e. The smallest absolute Gasteiger partial charge is 0.256 e. The molecule has 3 rings (SSSR count). The number of anilines is 1. The highest BCUT2D eigenvalue weighted by atomic mass is 35.5. The molecule has 0 saturated carbocycles. The lowest BCUT2D eigenvalue weighted by atomic mass is 10.0. The predicted molar refractivity (Wildman–Crippen MR) is 82.8 cm³/mol. The minimum atomic E-state index is -0.158. The first-order valence-electron chi connectivity index (χ1n) is 6.40. The van der Waals surface area contributed by atoms with Crippen LogP contribution in [-0.4, -0.2) is 10.5 Å². The molecular formula is C16H12ClN3O. The first-order chi connectivity index (χ1) is 10.0. The fourth-order valence-corrected chi connectivity index (χ4v) is 2.61. The molecule has 0 aliphatic carbocycles. The van der Waals surface area contributed by atoms with Crippen LogP contribution in [0.25, 0.3) is 11.6 Å². The van der Waals surface area contributed by atoms with Gasteiger partial charge in [0.1, 0.15) is 11.8 Å². The summed E-state index contributed by atoms with van der Waals surface area (Å²) >= 11 is 5.94. The SMILES string of the molecule is Cc1c(/C=C2\C(=O)Nc3cc(Cl)ccc32)cc(C#N)n1C. The van der Waals surface area contributed by atoms with Crippen LogP contribution >= 0.6 is 11.6 Å². The number of halogens is 1. The second kappa shape index (κ2) is 4.80. The van der Waals surface area contributed by atoms with Gasteiger partial charge in [-0.15, -0.1) is 0 Å². The average molecular weight is 298 g/mol. The maximum absolute atomic E-state index is 12.1. The molecule has 5 heteroatoms. The molecule has 0 unspecified atom stereocenters. The van der Waals surface area contributed by atoms with Crippen molar-refractivity contribution in [1.82, 2.24) is 4.57 Å². The Bertz CT molecular complexity index is 840. The Morgan fingerprint density at radius 2 is 2.14 bits per heavy atom. The van der Waals surface area contributed by atoms with Gasteiger partial charge in [-0.05, 0) is 36.8 Å². The fourth-order valence-electron chi connectivity index (χ4n) is 2.44. The summed E-state index contributed by atoms with van der Waals surface area (Å²) in [6.07, 6.45) is 1.81. The quantitative estimate of drug-likeness (QED) is 0.821. The number of carbonyl (C=O) groups excluding carboxylic acids is 1. The molecule has 1 aliphatic heterocycles. The summed E-state index contributed by atoms with van der Waals surface area (Å²) in [5.74, 6) is -0.158. The minimum absolute atomic E-state index is 0.158. The molecule has 0 bridgehead atoms. The third-order valence-corrected chi connectivity index (χ3v) is 3.99. The number of hydrogen-bond acceptors (Lipinski definition) is 2. The van der Waals surface area contributed by atoms with Crippen LogP contribution in [-0.2, 0) is 11.8 Å². The Kier molecular flexibility index (Phi) is 3.08. The molecule has 1 aromatic carbocycles. The van der Waals surface area contributed by atoms with Crippen LogP contribution in [0.4, 0.5) is 5.69 Å². The van der Waals surface area contributed by atoms with Gasteiger partial charge in [-0.2, -0.15) is 5.26 Å². The van der Waals surface area contributed by atoms with Gasteiger partial charge in [0, 0.05) is 28.9 Å². The number of hydrogen-bond donors (Lipinski definition) is 1. The number of nitrogens with zero attached hydrogens (tertiary/aromatic N) is 2. The van der Waals surface area contributed by atoms with Crippen molar-refractivity contribution in [2.75, 3.05) is 5.32 Å². The first-order valence-corrected chi connectivity index (χ1v) is 6.78. The maximum Gasteiger partial charge on any atom is 0.256 e. The van der Waals surface area contributed by atoms with Crippen LogP contribution in [0.5, 0.6) is 0 Å². The molecule has 21 heavy (non-hydrogen) atoms. The van der Waals surface area contributed by atoms with E-state index in [1.165, 1.54) is 0 Å². The van der Waals surface area contributed by atoms with Crippen LogP contribution in [0.15, 0.2) is 24.3 Å². The highest BCUT2D eigenvalue weighted by molar-refractivity contribution is 6.36. The molecule has 4 nitrogen and oxygen atoms in total. The van der Waals surface area contributed by atoms with Crippen molar-refractivity contribution in [3.05, 3.63) is 51.8 Å². The third-order valence-electron chi connectivity index (χ3n) is 3.75. The highest BCUT2D eigenvalue weighted by Gasteiger charge is 2.24. The minimum Gasteiger partial charge on any atom is -0.339 e. The van der Waals surface area contributed by atoms with Crippen LogP contribution < -0.4 is 5.32 Å². The molecule has 0 radical (unpaired) electrons. The molecule has 0 spiro atoms. The van der Waals surface area contributed by atoms with Gasteiger partial charge in [-0.25, -0.2) is 0 Å². The van der Waals surface area contributed by atoms with E-state index in [0.29, 0.717) is 22.0 Å². The molecule has 1 N–H and O–H groups in total. The summed E-state index contributed by atoms with van der Waals surface area (Å²) in [6, 6.07) is 9.23. The van der Waals surface area contributed by atoms with E-state index in [1.807, 2.05) is 30.7 Å². The molecule has 0 atom stereocenters. The summed E-state index contributed by atoms with van der Waals surface area (Å²) in [5.41, 5.74) is 4.49. The second-order valence-electron chi connectivity index (χ2n) is 4.94. The molecule has 0 fully saturated rings. The lowest BCUT2D eigenvalue weighted by molar-refractivity contribution is -0.110. The average Bonchev–Trinajstić information content (AvgIpc) is 2.90. The first kappa shape index (κ1) is 13.5. The molecular weight excluding hydrogens is 286 g/mol. The summed E-state index contributed by atoms with van der Waals surface area (Å²) < 4.78 is 1.81. The van der Waals surface area contributed by atoms with E-state index >= 15 is 0 Å². The lowest BCUT2D eigenvalue weighted by Crippen LogP contribution is -2.03. The zero-order chi connectivity index (χ0) is 15.1. The Morgan fingerprint density at radius 3 is 2.81 bits per heavy atom. The Morgan fingerprint density at radius 1 is 1.38 bits per heavy atom. The summed E-state index contributed by atoms with van der Waals surface area (Å²) in [5, 5.41) is 12.5. The number of carbonyl (C=O) groups is 1. The normalized spacial score (nSPS) is 15.0. The van der Waals surface area contributed by atoms with E-state index in [0.717, 1.165) is 16.8 Å². The zero-order valence-electron chi connectivity index (χ0n) is 11.6. The van der Waals surface area contributed by atoms with Crippen molar-refractivity contribution in [3.63, 3.8) is 0 Å². The van der Waals surface area contributed by atoms with E-state index in [4.69, 9.17) is 16.9 Å². The van der Waals surface area contributed by atoms with Gasteiger partial charge in [0.05, 0.1) is 5.69 Å². The van der Waals surface area contributed by atoms with Crippen LogP contribution in [0.3, 0.4) is 0 Å². The fraction of sp³-hybridized carbons (Fsp3) is 0.125. The van der Waals surface area contributed by atoms with Gasteiger partial charge in [-0.3, -0.25) is 4.79 Å². The van der Waals surface area contributed by atoms with Crippen LogP contribution in [0.2, 0.25) is 5.02 Å². The van der Waals surface area contributed by atoms with Gasteiger partial charge in [0.2, 0.25) is 0 Å². The topological polar surface area (TPSA) is 57.8 Å². The number of fused-ring (bicyclic) bond motifs is 1. The van der Waals surface area contributed by atoms with E-state index in [1.54, 1.807) is 18.2 Å². The summed E-state index contributed by atoms with van der Waals surface area (Å²) in [4.78, 5) is 12.1. The van der Waals surface area contributed by atoms with Gasteiger partial charge in [-0.1, -0.05) is 17.7 Å². The number of nitrogens with one attached hydrogen (secondary N) is 1. The van der Waals surface area contributed by atoms with E-state index in [9.17, 15) is 4.79 Å². The van der Waals surface area contributed by atoms with Crippen molar-refractivity contribution in [2.24, 2.45) is 7.05 Å². The molecule has 0 saturated heterocycles. The van der Waals surface area contributed by atoms with Gasteiger partial charge < -0.3 is 9.88 Å². The van der Waals surface area contributed by atoms with Crippen molar-refractivity contribution in [2.45, 2.75) is 6.92 Å². The molecule has 104 valence electrons. The number of amides is 1. The van der Waals surface area contributed by atoms with Crippen LogP contribution in [0.1, 0.15) is 22.5 Å². The molecule has 2 aromatic rings. The van der Waals surface area contributed by atoms with E-state index < -0.39 is 0 Å². The molecule has 2 heterocycles. The van der Waals surface area contributed by atoms with Crippen molar-refractivity contribution in [3.8, 4) is 6.07 Å². The Hall–Kier alpha value is -2.51.